The van der Waals surface area contributed by atoms with Crippen LogP contribution in [0.3, 0.4) is 0 Å². The van der Waals surface area contributed by atoms with Crippen molar-refractivity contribution in [1.29, 1.82) is 0 Å². The number of rotatable bonds is 5. The van der Waals surface area contributed by atoms with Crippen LogP contribution in [0.25, 0.3) is 0 Å². The summed E-state index contributed by atoms with van der Waals surface area (Å²) in [5.41, 5.74) is 1.08. The average Bonchev–Trinajstić information content (AvgIpc) is 2.28. The molecule has 1 unspecified atom stereocenters. The van der Waals surface area contributed by atoms with Gasteiger partial charge in [0, 0.05) is 11.7 Å². The van der Waals surface area contributed by atoms with Crippen LogP contribution in [0.4, 0.5) is 5.82 Å². The van der Waals surface area contributed by atoms with E-state index in [0.29, 0.717) is 11.7 Å². The molecule has 4 heteroatoms. The normalized spacial score (nSPS) is 12.8. The predicted octanol–water partition coefficient (Wildman–Crippen LogP) is 3.36. The molecule has 4 nitrogen and oxygen atoms in total. The predicted molar refractivity (Wildman–Crippen MR) is 73.2 cm³/mol. The quantitative estimate of drug-likeness (QED) is 0.841. The van der Waals surface area contributed by atoms with Crippen molar-refractivity contribution < 1.29 is 9.90 Å². The molecule has 0 aliphatic rings. The van der Waals surface area contributed by atoms with Crippen molar-refractivity contribution in [3.05, 3.63) is 23.4 Å². The van der Waals surface area contributed by atoms with E-state index in [2.05, 4.69) is 31.1 Å². The molecule has 1 aromatic rings. The van der Waals surface area contributed by atoms with E-state index >= 15 is 0 Å². The summed E-state index contributed by atoms with van der Waals surface area (Å²) in [6, 6.07) is 3.48. The molecule has 0 fully saturated rings. The van der Waals surface area contributed by atoms with Crippen LogP contribution in [0.5, 0.6) is 0 Å². The number of aromatic nitrogens is 1. The average molecular weight is 250 g/mol. The second-order valence-electron chi connectivity index (χ2n) is 5.30. The van der Waals surface area contributed by atoms with Crippen molar-refractivity contribution in [3.8, 4) is 0 Å². The summed E-state index contributed by atoms with van der Waals surface area (Å²) in [6.07, 6.45) is 0. The lowest BCUT2D eigenvalue weighted by Gasteiger charge is -2.19. The highest BCUT2D eigenvalue weighted by Gasteiger charge is 2.13. The fraction of sp³-hybridized carbons (Fsp3) is 0.571. The number of nitrogens with zero attached hydrogens (tertiary/aromatic N) is 1. The topological polar surface area (TPSA) is 62.2 Å². The number of aromatic carboxylic acids is 1. The number of anilines is 1. The molecule has 100 valence electrons. The molecule has 1 aromatic heterocycles. The molecule has 0 spiro atoms. The zero-order valence-electron chi connectivity index (χ0n) is 11.7. The molecule has 0 aromatic carbocycles. The number of carbonyl (C=O) groups is 1. The number of carboxylic acid groups (broad SMARTS) is 1. The maximum absolute atomic E-state index is 11.1. The van der Waals surface area contributed by atoms with Crippen LogP contribution in [-0.2, 0) is 0 Å². The van der Waals surface area contributed by atoms with Gasteiger partial charge in [-0.15, -0.1) is 0 Å². The minimum Gasteiger partial charge on any atom is -0.478 e. The molecule has 0 amide bonds. The standard InChI is InChI=1S/C14H22N2O2/c1-8(2)10(5)15-13-7-11(14(17)18)6-12(16-13)9(3)4/h6-10H,1-5H3,(H,15,16)(H,17,18). The first-order valence-corrected chi connectivity index (χ1v) is 6.33. The Bertz CT molecular complexity index is 428. The number of pyridine rings is 1. The first-order valence-electron chi connectivity index (χ1n) is 6.33. The molecule has 0 saturated carbocycles. The van der Waals surface area contributed by atoms with Gasteiger partial charge in [-0.05, 0) is 30.9 Å². The van der Waals surface area contributed by atoms with Gasteiger partial charge in [0.2, 0.25) is 0 Å². The smallest absolute Gasteiger partial charge is 0.335 e. The number of hydrogen-bond acceptors (Lipinski definition) is 3. The Morgan fingerprint density at radius 1 is 1.22 bits per heavy atom. The Morgan fingerprint density at radius 2 is 1.83 bits per heavy atom. The summed E-state index contributed by atoms with van der Waals surface area (Å²) in [4.78, 5) is 15.6. The Kier molecular flexibility index (Phi) is 4.70. The molecule has 1 heterocycles. The van der Waals surface area contributed by atoms with Gasteiger partial charge in [0.15, 0.2) is 0 Å². The van der Waals surface area contributed by atoms with Gasteiger partial charge < -0.3 is 10.4 Å². The Morgan fingerprint density at radius 3 is 2.28 bits per heavy atom. The van der Waals surface area contributed by atoms with E-state index in [1.165, 1.54) is 0 Å². The first-order chi connectivity index (χ1) is 8.31. The highest BCUT2D eigenvalue weighted by molar-refractivity contribution is 5.88. The maximum Gasteiger partial charge on any atom is 0.335 e. The maximum atomic E-state index is 11.1. The van der Waals surface area contributed by atoms with Crippen LogP contribution in [0.15, 0.2) is 12.1 Å². The lowest BCUT2D eigenvalue weighted by Crippen LogP contribution is -2.22. The highest BCUT2D eigenvalue weighted by Crippen LogP contribution is 2.19. The van der Waals surface area contributed by atoms with E-state index < -0.39 is 5.97 Å². The summed E-state index contributed by atoms with van der Waals surface area (Å²) in [5, 5.41) is 12.4. The van der Waals surface area contributed by atoms with E-state index in [9.17, 15) is 4.79 Å². The molecular weight excluding hydrogens is 228 g/mol. The summed E-state index contributed by atoms with van der Waals surface area (Å²) in [5.74, 6) is 0.390. The summed E-state index contributed by atoms with van der Waals surface area (Å²) >= 11 is 0. The SMILES string of the molecule is CC(C)c1cc(C(=O)O)cc(NC(C)C(C)C)n1. The minimum absolute atomic E-state index is 0.208. The van der Waals surface area contributed by atoms with Crippen molar-refractivity contribution in [2.45, 2.75) is 46.6 Å². The second kappa shape index (κ2) is 5.85. The van der Waals surface area contributed by atoms with Crippen molar-refractivity contribution in [3.63, 3.8) is 0 Å². The fourth-order valence-electron chi connectivity index (χ4n) is 1.45. The molecule has 0 bridgehead atoms. The van der Waals surface area contributed by atoms with Crippen molar-refractivity contribution in [2.24, 2.45) is 5.92 Å². The summed E-state index contributed by atoms with van der Waals surface area (Å²) < 4.78 is 0. The van der Waals surface area contributed by atoms with Gasteiger partial charge in [-0.25, -0.2) is 9.78 Å². The number of carboxylic acids is 1. The lowest BCUT2D eigenvalue weighted by atomic mass is 10.1. The third kappa shape index (κ3) is 3.72. The van der Waals surface area contributed by atoms with Crippen LogP contribution in [0, 0.1) is 5.92 Å². The van der Waals surface area contributed by atoms with Crippen LogP contribution in [0.1, 0.15) is 56.6 Å². The Balaban J connectivity index is 3.07. The van der Waals surface area contributed by atoms with Gasteiger partial charge in [-0.1, -0.05) is 27.7 Å². The Labute approximate surface area is 108 Å². The largest absolute Gasteiger partial charge is 0.478 e. The van der Waals surface area contributed by atoms with E-state index in [-0.39, 0.29) is 17.5 Å². The Hall–Kier alpha value is -1.58. The van der Waals surface area contributed by atoms with Crippen molar-refractivity contribution in [1.82, 2.24) is 4.98 Å². The van der Waals surface area contributed by atoms with E-state index in [4.69, 9.17) is 5.11 Å². The molecule has 2 N–H and O–H groups in total. The van der Waals surface area contributed by atoms with Gasteiger partial charge >= 0.3 is 5.97 Å². The van der Waals surface area contributed by atoms with Crippen LogP contribution in [0.2, 0.25) is 0 Å². The zero-order valence-corrected chi connectivity index (χ0v) is 11.7. The van der Waals surface area contributed by atoms with Crippen molar-refractivity contribution >= 4 is 11.8 Å². The third-order valence-electron chi connectivity index (χ3n) is 3.06. The van der Waals surface area contributed by atoms with E-state index in [1.54, 1.807) is 12.1 Å². The van der Waals surface area contributed by atoms with Crippen LogP contribution < -0.4 is 5.32 Å². The molecule has 0 radical (unpaired) electrons. The van der Waals surface area contributed by atoms with Crippen LogP contribution in [-0.4, -0.2) is 22.1 Å². The monoisotopic (exact) mass is 250 g/mol. The molecule has 18 heavy (non-hydrogen) atoms. The lowest BCUT2D eigenvalue weighted by molar-refractivity contribution is 0.0696. The van der Waals surface area contributed by atoms with Gasteiger partial charge in [0.25, 0.3) is 0 Å². The molecule has 0 saturated heterocycles. The van der Waals surface area contributed by atoms with Gasteiger partial charge in [0.05, 0.1) is 5.56 Å². The summed E-state index contributed by atoms with van der Waals surface area (Å²) in [7, 11) is 0. The van der Waals surface area contributed by atoms with Gasteiger partial charge in [0.1, 0.15) is 5.82 Å². The first kappa shape index (κ1) is 14.5. The van der Waals surface area contributed by atoms with Gasteiger partial charge in [-0.3, -0.25) is 0 Å². The molecule has 0 aliphatic carbocycles. The third-order valence-corrected chi connectivity index (χ3v) is 3.06. The second-order valence-corrected chi connectivity index (χ2v) is 5.30. The molecule has 1 atom stereocenters. The molecular formula is C14H22N2O2. The highest BCUT2D eigenvalue weighted by atomic mass is 16.4. The molecule has 0 aliphatic heterocycles. The molecule has 1 rings (SSSR count). The number of nitrogens with one attached hydrogen (secondary N) is 1. The zero-order chi connectivity index (χ0) is 13.9. The minimum atomic E-state index is -0.917. The van der Waals surface area contributed by atoms with E-state index in [1.807, 2.05) is 13.8 Å². The van der Waals surface area contributed by atoms with E-state index in [0.717, 1.165) is 5.69 Å². The number of hydrogen-bond donors (Lipinski definition) is 2. The summed E-state index contributed by atoms with van der Waals surface area (Å²) in [6.45, 7) is 10.3. The fourth-order valence-corrected chi connectivity index (χ4v) is 1.45. The van der Waals surface area contributed by atoms with Crippen molar-refractivity contribution in [2.75, 3.05) is 5.32 Å². The van der Waals surface area contributed by atoms with Gasteiger partial charge in [-0.2, -0.15) is 0 Å². The van der Waals surface area contributed by atoms with Crippen LogP contribution >= 0.6 is 0 Å².